The quantitative estimate of drug-likeness (QED) is 0.695. The van der Waals surface area contributed by atoms with E-state index in [4.69, 9.17) is 10.5 Å². The van der Waals surface area contributed by atoms with Crippen LogP contribution in [0, 0.1) is 6.92 Å². The van der Waals surface area contributed by atoms with Gasteiger partial charge in [0.15, 0.2) is 5.78 Å². The molecule has 3 atom stereocenters. The predicted molar refractivity (Wildman–Crippen MR) is 120 cm³/mol. The summed E-state index contributed by atoms with van der Waals surface area (Å²) >= 11 is 0. The van der Waals surface area contributed by atoms with Crippen LogP contribution in [0.5, 0.6) is 5.75 Å². The average Bonchev–Trinajstić information content (AvgIpc) is 3.11. The molecule has 0 saturated carbocycles. The summed E-state index contributed by atoms with van der Waals surface area (Å²) in [6, 6.07) is 12.0. The van der Waals surface area contributed by atoms with Gasteiger partial charge in [0.2, 0.25) is 5.54 Å². The third-order valence-electron chi connectivity index (χ3n) is 6.82. The summed E-state index contributed by atoms with van der Waals surface area (Å²) in [5.74, 6) is -2.35. The molecular weight excluding hydrogens is 404 g/mol. The number of ether oxygens (including phenoxy) is 1. The number of hydrogen-bond donors (Lipinski definition) is 3. The van der Waals surface area contributed by atoms with Crippen molar-refractivity contribution >= 4 is 11.7 Å². The van der Waals surface area contributed by atoms with Crippen LogP contribution in [0.1, 0.15) is 53.2 Å². The van der Waals surface area contributed by atoms with E-state index in [1.807, 2.05) is 37.3 Å². The molecule has 0 saturated heterocycles. The van der Waals surface area contributed by atoms with E-state index in [1.54, 1.807) is 24.3 Å². The zero-order valence-corrected chi connectivity index (χ0v) is 18.3. The lowest BCUT2D eigenvalue weighted by Gasteiger charge is -2.35. The van der Waals surface area contributed by atoms with Gasteiger partial charge in [-0.05, 0) is 42.5 Å². The minimum atomic E-state index is -2.08. The normalized spacial score (nSPS) is 27.8. The lowest BCUT2D eigenvalue weighted by Crippen LogP contribution is -2.63. The van der Waals surface area contributed by atoms with E-state index in [0.29, 0.717) is 34.4 Å². The second-order valence-corrected chi connectivity index (χ2v) is 9.08. The number of carbonyl (C=O) groups is 2. The molecule has 0 radical (unpaired) electrons. The molecule has 1 aliphatic heterocycles. The highest BCUT2D eigenvalue weighted by Crippen LogP contribution is 2.57. The first-order valence-electron chi connectivity index (χ1n) is 10.9. The molecule has 0 fully saturated rings. The Kier molecular flexibility index (Phi) is 4.45. The molecule has 1 amide bonds. The molecule has 3 unspecified atom stereocenters. The molecule has 1 heterocycles. The Morgan fingerprint density at radius 2 is 2.00 bits per heavy atom. The fourth-order valence-electron chi connectivity index (χ4n) is 5.05. The van der Waals surface area contributed by atoms with E-state index in [1.165, 1.54) is 0 Å². The summed E-state index contributed by atoms with van der Waals surface area (Å²) in [6.07, 6.45) is 3.98. The van der Waals surface area contributed by atoms with E-state index in [2.05, 4.69) is 19.2 Å². The summed E-state index contributed by atoms with van der Waals surface area (Å²) in [5, 5.41) is 14.8. The molecule has 32 heavy (non-hydrogen) atoms. The highest BCUT2D eigenvalue weighted by Gasteiger charge is 2.72. The molecule has 5 rings (SSSR count). The van der Waals surface area contributed by atoms with Gasteiger partial charge in [0.05, 0.1) is 0 Å². The van der Waals surface area contributed by atoms with Crippen LogP contribution in [-0.4, -0.2) is 28.6 Å². The molecule has 3 aliphatic rings. The molecule has 2 aromatic carbocycles. The van der Waals surface area contributed by atoms with Gasteiger partial charge in [-0.3, -0.25) is 9.59 Å². The molecule has 164 valence electrons. The van der Waals surface area contributed by atoms with Crippen LogP contribution in [0.3, 0.4) is 0 Å². The standard InChI is InChI=1S/C26H26N2O4/c1-14(2)16-11-12-18-21(13-16)32-26(31)19-9-6-10-20(27)22(19)23(29)25(18,26)28-24(30)17-8-5-4-7-15(17)3/h4-9,11-14,20,31H,10,27H2,1-3H3,(H,28,30). The van der Waals surface area contributed by atoms with Gasteiger partial charge in [0, 0.05) is 28.3 Å². The second kappa shape index (κ2) is 6.89. The molecule has 2 aromatic rings. The molecule has 2 aliphatic carbocycles. The Morgan fingerprint density at radius 3 is 2.72 bits per heavy atom. The van der Waals surface area contributed by atoms with Crippen molar-refractivity contribution < 1.29 is 19.4 Å². The maximum Gasteiger partial charge on any atom is 0.270 e. The lowest BCUT2D eigenvalue weighted by atomic mass is 9.80. The Hall–Kier alpha value is -3.22. The number of aryl methyl sites for hydroxylation is 1. The number of benzene rings is 2. The van der Waals surface area contributed by atoms with Crippen molar-refractivity contribution in [3.63, 3.8) is 0 Å². The van der Waals surface area contributed by atoms with Gasteiger partial charge in [-0.1, -0.05) is 56.3 Å². The van der Waals surface area contributed by atoms with Crippen LogP contribution in [0.4, 0.5) is 0 Å². The number of ketones is 1. The van der Waals surface area contributed by atoms with Crippen molar-refractivity contribution in [1.82, 2.24) is 5.32 Å². The van der Waals surface area contributed by atoms with Crippen molar-refractivity contribution in [3.8, 4) is 5.75 Å². The van der Waals surface area contributed by atoms with E-state index in [-0.39, 0.29) is 5.92 Å². The van der Waals surface area contributed by atoms with Gasteiger partial charge in [-0.25, -0.2) is 0 Å². The van der Waals surface area contributed by atoms with Crippen LogP contribution in [-0.2, 0) is 10.3 Å². The Morgan fingerprint density at radius 1 is 1.25 bits per heavy atom. The third-order valence-corrected chi connectivity index (χ3v) is 6.82. The second-order valence-electron chi connectivity index (χ2n) is 9.08. The van der Waals surface area contributed by atoms with Crippen molar-refractivity contribution in [2.24, 2.45) is 5.73 Å². The van der Waals surface area contributed by atoms with Gasteiger partial charge >= 0.3 is 0 Å². The smallest absolute Gasteiger partial charge is 0.270 e. The first-order chi connectivity index (χ1) is 15.2. The Bertz CT molecular complexity index is 1230. The monoisotopic (exact) mass is 430 g/mol. The number of Topliss-reactive ketones (excluding diaryl/α,β-unsaturated/α-hetero) is 1. The molecule has 0 spiro atoms. The first-order valence-corrected chi connectivity index (χ1v) is 10.9. The van der Waals surface area contributed by atoms with E-state index in [0.717, 1.165) is 11.1 Å². The Labute approximate surface area is 186 Å². The average molecular weight is 431 g/mol. The van der Waals surface area contributed by atoms with Gasteiger partial charge < -0.3 is 20.9 Å². The number of nitrogens with one attached hydrogen (secondary N) is 1. The first kappa shape index (κ1) is 20.7. The van der Waals surface area contributed by atoms with Gasteiger partial charge in [0.1, 0.15) is 5.75 Å². The van der Waals surface area contributed by atoms with Gasteiger partial charge in [-0.2, -0.15) is 0 Å². The molecular formula is C26H26N2O4. The number of fused-ring (bicyclic) bond motifs is 4. The zero-order chi connectivity index (χ0) is 22.8. The van der Waals surface area contributed by atoms with Crippen LogP contribution in [0.15, 0.2) is 65.8 Å². The van der Waals surface area contributed by atoms with Crippen molar-refractivity contribution in [3.05, 3.63) is 88.0 Å². The van der Waals surface area contributed by atoms with Crippen LogP contribution >= 0.6 is 0 Å². The highest BCUT2D eigenvalue weighted by molar-refractivity contribution is 6.14. The largest absolute Gasteiger partial charge is 0.454 e. The van der Waals surface area contributed by atoms with Crippen LogP contribution < -0.4 is 15.8 Å². The highest BCUT2D eigenvalue weighted by atomic mass is 16.6. The zero-order valence-electron chi connectivity index (χ0n) is 18.3. The van der Waals surface area contributed by atoms with Gasteiger partial charge in [0.25, 0.3) is 11.7 Å². The fraction of sp³-hybridized carbons (Fsp3) is 0.308. The number of rotatable bonds is 3. The maximum absolute atomic E-state index is 14.0. The van der Waals surface area contributed by atoms with Crippen LogP contribution in [0.2, 0.25) is 0 Å². The number of aliphatic hydroxyl groups is 1. The lowest BCUT2D eigenvalue weighted by molar-refractivity contribution is -0.154. The molecule has 4 N–H and O–H groups in total. The molecule has 0 bridgehead atoms. The summed E-state index contributed by atoms with van der Waals surface area (Å²) < 4.78 is 6.12. The summed E-state index contributed by atoms with van der Waals surface area (Å²) in [5.41, 5.74) is 7.71. The molecule has 6 heteroatoms. The SMILES string of the molecule is Cc1ccccc1C(=O)NC12C(=O)C3=C(C=CCC3N)C1(O)Oc1cc(C(C)C)ccc12. The van der Waals surface area contributed by atoms with Crippen molar-refractivity contribution in [2.75, 3.05) is 0 Å². The van der Waals surface area contributed by atoms with E-state index in [9.17, 15) is 14.7 Å². The van der Waals surface area contributed by atoms with Gasteiger partial charge in [-0.15, -0.1) is 0 Å². The topological polar surface area (TPSA) is 102 Å². The number of amides is 1. The minimum absolute atomic E-state index is 0.227. The number of carbonyl (C=O) groups excluding carboxylic acids is 2. The fourth-order valence-corrected chi connectivity index (χ4v) is 5.05. The number of nitrogens with two attached hydrogens (primary N) is 1. The third kappa shape index (κ3) is 2.54. The summed E-state index contributed by atoms with van der Waals surface area (Å²) in [6.45, 7) is 5.93. The van der Waals surface area contributed by atoms with Crippen LogP contribution in [0.25, 0.3) is 0 Å². The summed E-state index contributed by atoms with van der Waals surface area (Å²) in [7, 11) is 0. The maximum atomic E-state index is 14.0. The molecule has 6 nitrogen and oxygen atoms in total. The number of hydrogen-bond acceptors (Lipinski definition) is 5. The van der Waals surface area contributed by atoms with Crippen molar-refractivity contribution in [2.45, 2.75) is 50.5 Å². The van der Waals surface area contributed by atoms with Crippen molar-refractivity contribution in [1.29, 1.82) is 0 Å². The predicted octanol–water partition coefficient (Wildman–Crippen LogP) is 2.99. The molecule has 0 aromatic heterocycles. The minimum Gasteiger partial charge on any atom is -0.454 e. The summed E-state index contributed by atoms with van der Waals surface area (Å²) in [4.78, 5) is 27.4. The Balaban J connectivity index is 1.71. The van der Waals surface area contributed by atoms with E-state index >= 15 is 0 Å². The van der Waals surface area contributed by atoms with E-state index < -0.39 is 29.1 Å².